The average Bonchev–Trinajstić information content (AvgIpc) is 2.47. The van der Waals surface area contributed by atoms with E-state index >= 15 is 0 Å². The quantitative estimate of drug-likeness (QED) is 0.811. The third-order valence-electron chi connectivity index (χ3n) is 0.982. The van der Waals surface area contributed by atoms with E-state index < -0.39 is 12.8 Å². The van der Waals surface area contributed by atoms with Crippen LogP contribution in [-0.4, -0.2) is 23.0 Å². The number of halogens is 3. The van der Waals surface area contributed by atoms with Crippen LogP contribution in [0.2, 0.25) is 0 Å². The third-order valence-corrected chi connectivity index (χ3v) is 1.84. The van der Waals surface area contributed by atoms with Gasteiger partial charge in [0, 0.05) is 6.54 Å². The summed E-state index contributed by atoms with van der Waals surface area (Å²) in [6.45, 7) is -1.21. The number of aromatic nitrogens is 2. The third kappa shape index (κ3) is 3.55. The summed E-state index contributed by atoms with van der Waals surface area (Å²) < 4.78 is 39.2. The van der Waals surface area contributed by atoms with Crippen LogP contribution in [0.1, 0.15) is 5.01 Å². The van der Waals surface area contributed by atoms with Gasteiger partial charge in [0.25, 0.3) is 5.19 Å². The van der Waals surface area contributed by atoms with E-state index in [2.05, 4.69) is 14.9 Å². The van der Waals surface area contributed by atoms with Gasteiger partial charge in [-0.05, 0) is 0 Å². The van der Waals surface area contributed by atoms with Crippen molar-refractivity contribution < 1.29 is 17.9 Å². The van der Waals surface area contributed by atoms with Crippen LogP contribution in [0.4, 0.5) is 13.2 Å². The molecule has 0 unspecified atom stereocenters. The summed E-state index contributed by atoms with van der Waals surface area (Å²) in [4.78, 5) is 0. The lowest BCUT2D eigenvalue weighted by atomic mass is 10.7. The summed E-state index contributed by atoms with van der Waals surface area (Å²) in [6, 6.07) is 0. The molecule has 4 nitrogen and oxygen atoms in total. The number of alkyl halides is 3. The van der Waals surface area contributed by atoms with E-state index in [9.17, 15) is 13.2 Å². The minimum absolute atomic E-state index is 0.113. The second-order valence-corrected chi connectivity index (χ2v) is 3.09. The first-order valence-electron chi connectivity index (χ1n) is 3.23. The second kappa shape index (κ2) is 3.88. The van der Waals surface area contributed by atoms with Crippen LogP contribution >= 0.6 is 11.3 Å². The van der Waals surface area contributed by atoms with Crippen LogP contribution in [0, 0.1) is 0 Å². The van der Waals surface area contributed by atoms with Crippen molar-refractivity contribution in [1.82, 2.24) is 10.2 Å². The maximum absolute atomic E-state index is 11.6. The highest BCUT2D eigenvalue weighted by molar-refractivity contribution is 7.13. The molecular formula is C5H6F3N3OS. The maximum Gasteiger partial charge on any atom is 0.422 e. The van der Waals surface area contributed by atoms with E-state index in [1.165, 1.54) is 0 Å². The highest BCUT2D eigenvalue weighted by Crippen LogP contribution is 2.21. The first-order valence-corrected chi connectivity index (χ1v) is 4.05. The lowest BCUT2D eigenvalue weighted by Crippen LogP contribution is -2.19. The molecule has 0 spiro atoms. The molecule has 0 amide bonds. The highest BCUT2D eigenvalue weighted by Gasteiger charge is 2.29. The van der Waals surface area contributed by atoms with E-state index in [1.54, 1.807) is 0 Å². The number of nitrogens with two attached hydrogens (primary N) is 1. The topological polar surface area (TPSA) is 61.0 Å². The molecule has 0 atom stereocenters. The molecule has 0 aromatic carbocycles. The lowest BCUT2D eigenvalue weighted by Gasteiger charge is -2.04. The van der Waals surface area contributed by atoms with Crippen LogP contribution in [0.15, 0.2) is 0 Å². The summed E-state index contributed by atoms with van der Waals surface area (Å²) in [5.74, 6) is 0. The fraction of sp³-hybridized carbons (Fsp3) is 0.600. The summed E-state index contributed by atoms with van der Waals surface area (Å²) in [5, 5.41) is 7.17. The Bertz CT molecular complexity index is 274. The Kier molecular flexibility index (Phi) is 3.04. The van der Waals surface area contributed by atoms with Crippen LogP contribution in [-0.2, 0) is 6.54 Å². The number of nitrogens with zero attached hydrogens (tertiary/aromatic N) is 2. The minimum Gasteiger partial charge on any atom is -0.459 e. The van der Waals surface area contributed by atoms with Crippen molar-refractivity contribution in [2.24, 2.45) is 5.73 Å². The maximum atomic E-state index is 11.6. The monoisotopic (exact) mass is 213 g/mol. The van der Waals surface area contributed by atoms with Gasteiger partial charge in [0.2, 0.25) is 0 Å². The smallest absolute Gasteiger partial charge is 0.422 e. The molecule has 1 aromatic rings. The van der Waals surface area contributed by atoms with Crippen molar-refractivity contribution in [1.29, 1.82) is 0 Å². The molecule has 0 aliphatic carbocycles. The largest absolute Gasteiger partial charge is 0.459 e. The predicted octanol–water partition coefficient (Wildman–Crippen LogP) is 0.938. The van der Waals surface area contributed by atoms with Crippen molar-refractivity contribution in [3.05, 3.63) is 5.01 Å². The van der Waals surface area contributed by atoms with E-state index in [0.29, 0.717) is 5.01 Å². The van der Waals surface area contributed by atoms with Gasteiger partial charge in [-0.25, -0.2) is 0 Å². The molecule has 1 rings (SSSR count). The molecule has 0 aliphatic heterocycles. The molecule has 0 radical (unpaired) electrons. The molecule has 0 bridgehead atoms. The SMILES string of the molecule is NCc1nnc(OCC(F)(F)F)s1. The Hall–Kier alpha value is -0.890. The summed E-state index contributed by atoms with van der Waals surface area (Å²) in [5.41, 5.74) is 5.18. The first kappa shape index (κ1) is 10.2. The van der Waals surface area contributed by atoms with Crippen molar-refractivity contribution in [3.63, 3.8) is 0 Å². The molecule has 1 heterocycles. The summed E-state index contributed by atoms with van der Waals surface area (Å²) >= 11 is 0.904. The van der Waals surface area contributed by atoms with Crippen molar-refractivity contribution >= 4 is 11.3 Å². The van der Waals surface area contributed by atoms with Gasteiger partial charge in [-0.15, -0.1) is 10.2 Å². The van der Waals surface area contributed by atoms with E-state index in [4.69, 9.17) is 5.73 Å². The van der Waals surface area contributed by atoms with Crippen molar-refractivity contribution in [3.8, 4) is 5.19 Å². The molecule has 74 valence electrons. The van der Waals surface area contributed by atoms with E-state index in [0.717, 1.165) is 11.3 Å². The fourth-order valence-corrected chi connectivity index (χ4v) is 1.09. The molecular weight excluding hydrogens is 207 g/mol. The summed E-state index contributed by atoms with van der Waals surface area (Å²) in [7, 11) is 0. The van der Waals surface area contributed by atoms with Gasteiger partial charge in [-0.1, -0.05) is 11.3 Å². The molecule has 13 heavy (non-hydrogen) atoms. The number of rotatable bonds is 3. The van der Waals surface area contributed by atoms with Crippen molar-refractivity contribution in [2.75, 3.05) is 6.61 Å². The van der Waals surface area contributed by atoms with Gasteiger partial charge >= 0.3 is 6.18 Å². The Morgan fingerprint density at radius 1 is 1.38 bits per heavy atom. The zero-order chi connectivity index (χ0) is 9.90. The van der Waals surface area contributed by atoms with Gasteiger partial charge in [0.05, 0.1) is 0 Å². The zero-order valence-corrected chi connectivity index (χ0v) is 7.15. The molecule has 2 N–H and O–H groups in total. The van der Waals surface area contributed by atoms with Crippen molar-refractivity contribution in [2.45, 2.75) is 12.7 Å². The molecule has 1 aromatic heterocycles. The normalized spacial score (nSPS) is 11.7. The van der Waals surface area contributed by atoms with Crippen LogP contribution < -0.4 is 10.5 Å². The predicted molar refractivity (Wildman–Crippen MR) is 39.4 cm³/mol. The zero-order valence-electron chi connectivity index (χ0n) is 6.34. The first-order chi connectivity index (χ1) is 6.01. The second-order valence-electron chi connectivity index (χ2n) is 2.07. The highest BCUT2D eigenvalue weighted by atomic mass is 32.1. The average molecular weight is 213 g/mol. The van der Waals surface area contributed by atoms with Gasteiger partial charge in [0.1, 0.15) is 5.01 Å². The number of hydrogen-bond acceptors (Lipinski definition) is 5. The Morgan fingerprint density at radius 3 is 2.54 bits per heavy atom. The molecule has 0 fully saturated rings. The number of hydrogen-bond donors (Lipinski definition) is 1. The van der Waals surface area contributed by atoms with E-state index in [-0.39, 0.29) is 11.7 Å². The minimum atomic E-state index is -4.35. The Morgan fingerprint density at radius 2 is 2.08 bits per heavy atom. The van der Waals surface area contributed by atoms with Crippen LogP contribution in [0.25, 0.3) is 0 Å². The Labute approximate surface area is 75.5 Å². The summed E-state index contributed by atoms with van der Waals surface area (Å²) in [6.07, 6.45) is -4.35. The molecule has 0 saturated carbocycles. The standard InChI is InChI=1S/C5H6F3N3OS/c6-5(7,8)2-12-4-11-10-3(1-9)13-4/h1-2,9H2. The van der Waals surface area contributed by atoms with Gasteiger partial charge < -0.3 is 10.5 Å². The lowest BCUT2D eigenvalue weighted by molar-refractivity contribution is -0.153. The molecule has 0 aliphatic rings. The van der Waals surface area contributed by atoms with Gasteiger partial charge in [0.15, 0.2) is 6.61 Å². The van der Waals surface area contributed by atoms with Gasteiger partial charge in [-0.3, -0.25) is 0 Å². The van der Waals surface area contributed by atoms with Gasteiger partial charge in [-0.2, -0.15) is 13.2 Å². The van der Waals surface area contributed by atoms with E-state index in [1.807, 2.05) is 0 Å². The van der Waals surface area contributed by atoms with Crippen LogP contribution in [0.5, 0.6) is 5.19 Å². The molecule has 8 heteroatoms. The Balaban J connectivity index is 2.46. The number of ether oxygens (including phenoxy) is 1. The van der Waals surface area contributed by atoms with Crippen LogP contribution in [0.3, 0.4) is 0 Å². The molecule has 0 saturated heterocycles. The fourth-order valence-electron chi connectivity index (χ4n) is 0.523.